The van der Waals surface area contributed by atoms with Crippen molar-refractivity contribution in [3.63, 3.8) is 0 Å². The van der Waals surface area contributed by atoms with Crippen molar-refractivity contribution in [3.8, 4) is 5.75 Å². The van der Waals surface area contributed by atoms with Crippen LogP contribution in [-0.2, 0) is 4.79 Å². The number of urea groups is 1. The molecule has 0 spiro atoms. The molecule has 1 atom stereocenters. The monoisotopic (exact) mass is 249 g/mol. The van der Waals surface area contributed by atoms with Gasteiger partial charge in [-0.05, 0) is 12.1 Å². The van der Waals surface area contributed by atoms with Crippen molar-refractivity contribution in [2.75, 3.05) is 18.6 Å². The Morgan fingerprint density at radius 1 is 1.56 bits per heavy atom. The lowest BCUT2D eigenvalue weighted by Crippen LogP contribution is -2.40. The Kier molecular flexibility index (Phi) is 3.36. The molecular formula is C12H15N3O3. The fourth-order valence-electron chi connectivity index (χ4n) is 2.03. The molecule has 18 heavy (non-hydrogen) atoms. The van der Waals surface area contributed by atoms with Gasteiger partial charge in [-0.15, -0.1) is 0 Å². The third-order valence-electron chi connectivity index (χ3n) is 2.84. The van der Waals surface area contributed by atoms with Gasteiger partial charge in [-0.2, -0.15) is 0 Å². The zero-order valence-corrected chi connectivity index (χ0v) is 10.1. The summed E-state index contributed by atoms with van der Waals surface area (Å²) in [6.45, 7) is 0.426. The molecule has 1 heterocycles. The second-order valence-electron chi connectivity index (χ2n) is 4.12. The number of carbonyl (C=O) groups excluding carboxylic acids is 2. The lowest BCUT2D eigenvalue weighted by Gasteiger charge is -2.17. The lowest BCUT2D eigenvalue weighted by molar-refractivity contribution is -0.117. The van der Waals surface area contributed by atoms with Crippen molar-refractivity contribution in [2.45, 2.75) is 12.5 Å². The molecule has 0 saturated carbocycles. The average molecular weight is 249 g/mol. The maximum atomic E-state index is 11.9. The molecule has 0 aliphatic carbocycles. The number of hydrogen-bond acceptors (Lipinski definition) is 3. The Labute approximate surface area is 105 Å². The summed E-state index contributed by atoms with van der Waals surface area (Å²) < 4.78 is 5.11. The molecule has 1 aromatic carbocycles. The minimum Gasteiger partial charge on any atom is -0.497 e. The van der Waals surface area contributed by atoms with Crippen LogP contribution in [0.15, 0.2) is 24.3 Å². The fraction of sp³-hybridized carbons (Fsp3) is 0.333. The number of rotatable bonds is 3. The second kappa shape index (κ2) is 4.95. The first-order valence-electron chi connectivity index (χ1n) is 5.60. The number of nitrogens with two attached hydrogens (primary N) is 1. The zero-order valence-electron chi connectivity index (χ0n) is 10.1. The Morgan fingerprint density at radius 2 is 2.33 bits per heavy atom. The van der Waals surface area contributed by atoms with Crippen LogP contribution in [0.5, 0.6) is 5.75 Å². The summed E-state index contributed by atoms with van der Waals surface area (Å²) >= 11 is 0. The van der Waals surface area contributed by atoms with Crippen molar-refractivity contribution in [3.05, 3.63) is 24.3 Å². The summed E-state index contributed by atoms with van der Waals surface area (Å²) in [6, 6.07) is 6.39. The molecule has 1 aliphatic rings. The second-order valence-corrected chi connectivity index (χ2v) is 4.12. The number of amides is 3. The largest absolute Gasteiger partial charge is 0.497 e. The quantitative estimate of drug-likeness (QED) is 0.816. The Hall–Kier alpha value is -2.24. The molecule has 1 aromatic rings. The summed E-state index contributed by atoms with van der Waals surface area (Å²) in [7, 11) is 1.57. The Morgan fingerprint density at radius 3 is 3.00 bits per heavy atom. The summed E-state index contributed by atoms with van der Waals surface area (Å²) in [6.07, 6.45) is 0.264. The van der Waals surface area contributed by atoms with Gasteiger partial charge >= 0.3 is 6.03 Å². The van der Waals surface area contributed by atoms with Gasteiger partial charge in [0.05, 0.1) is 13.2 Å². The molecule has 2 rings (SSSR count). The van der Waals surface area contributed by atoms with Crippen LogP contribution in [-0.4, -0.2) is 31.6 Å². The number of benzene rings is 1. The van der Waals surface area contributed by atoms with E-state index in [0.29, 0.717) is 12.3 Å². The summed E-state index contributed by atoms with van der Waals surface area (Å²) in [4.78, 5) is 24.2. The number of hydrogen-bond donors (Lipinski definition) is 2. The van der Waals surface area contributed by atoms with Gasteiger partial charge in [0.1, 0.15) is 5.75 Å². The number of nitrogens with zero attached hydrogens (tertiary/aromatic N) is 1. The van der Waals surface area contributed by atoms with E-state index in [9.17, 15) is 9.59 Å². The van der Waals surface area contributed by atoms with Crippen molar-refractivity contribution in [1.29, 1.82) is 0 Å². The fourth-order valence-corrected chi connectivity index (χ4v) is 2.03. The SMILES string of the molecule is COc1cccc(N2C[C@H](NC(N)=O)CC2=O)c1. The molecule has 6 heteroatoms. The van der Waals surface area contributed by atoms with Gasteiger partial charge in [0.2, 0.25) is 5.91 Å². The first-order chi connectivity index (χ1) is 8.60. The molecule has 6 nitrogen and oxygen atoms in total. The minimum absolute atomic E-state index is 0.0398. The molecule has 1 saturated heterocycles. The maximum Gasteiger partial charge on any atom is 0.312 e. The molecule has 0 aromatic heterocycles. The number of primary amides is 1. The van der Waals surface area contributed by atoms with E-state index in [1.807, 2.05) is 18.2 Å². The number of anilines is 1. The Balaban J connectivity index is 2.13. The van der Waals surface area contributed by atoms with E-state index in [1.54, 1.807) is 18.1 Å². The van der Waals surface area contributed by atoms with Crippen LogP contribution in [0.2, 0.25) is 0 Å². The minimum atomic E-state index is -0.611. The van der Waals surface area contributed by atoms with Gasteiger partial charge in [-0.1, -0.05) is 6.07 Å². The van der Waals surface area contributed by atoms with E-state index in [1.165, 1.54) is 0 Å². The first-order valence-corrected chi connectivity index (χ1v) is 5.60. The van der Waals surface area contributed by atoms with E-state index < -0.39 is 6.03 Å². The number of ether oxygens (including phenoxy) is 1. The van der Waals surface area contributed by atoms with Gasteiger partial charge in [0.25, 0.3) is 0 Å². The number of nitrogens with one attached hydrogen (secondary N) is 1. The first kappa shape index (κ1) is 12.2. The van der Waals surface area contributed by atoms with E-state index >= 15 is 0 Å². The Bertz CT molecular complexity index is 475. The van der Waals surface area contributed by atoms with Gasteiger partial charge in [0, 0.05) is 24.7 Å². The highest BCUT2D eigenvalue weighted by molar-refractivity contribution is 5.96. The topological polar surface area (TPSA) is 84.7 Å². The van der Waals surface area contributed by atoms with Crippen LogP contribution >= 0.6 is 0 Å². The smallest absolute Gasteiger partial charge is 0.312 e. The standard InChI is InChI=1S/C12H15N3O3/c1-18-10-4-2-3-9(6-10)15-7-8(5-11(15)16)14-12(13)17/h2-4,6,8H,5,7H2,1H3,(H3,13,14,17)/t8-/m1/s1. The van der Waals surface area contributed by atoms with Gasteiger partial charge in [-0.25, -0.2) is 4.79 Å². The van der Waals surface area contributed by atoms with E-state index in [-0.39, 0.29) is 18.4 Å². The maximum absolute atomic E-state index is 11.9. The predicted octanol–water partition coefficient (Wildman–Crippen LogP) is 0.469. The third-order valence-corrected chi connectivity index (χ3v) is 2.84. The molecule has 0 bridgehead atoms. The van der Waals surface area contributed by atoms with E-state index in [2.05, 4.69) is 5.32 Å². The van der Waals surface area contributed by atoms with Crippen LogP contribution in [0.25, 0.3) is 0 Å². The van der Waals surface area contributed by atoms with Crippen molar-refractivity contribution in [1.82, 2.24) is 5.32 Å². The van der Waals surface area contributed by atoms with E-state index in [4.69, 9.17) is 10.5 Å². The summed E-state index contributed by atoms with van der Waals surface area (Å²) in [5, 5.41) is 2.55. The third kappa shape index (κ3) is 2.53. The van der Waals surface area contributed by atoms with E-state index in [0.717, 1.165) is 5.69 Å². The summed E-state index contributed by atoms with van der Waals surface area (Å²) in [5.74, 6) is 0.647. The number of carbonyl (C=O) groups is 2. The molecule has 1 aliphatic heterocycles. The van der Waals surface area contributed by atoms with Crippen LogP contribution in [0, 0.1) is 0 Å². The zero-order chi connectivity index (χ0) is 13.1. The summed E-state index contributed by atoms with van der Waals surface area (Å²) in [5.41, 5.74) is 5.81. The average Bonchev–Trinajstić information content (AvgIpc) is 2.69. The predicted molar refractivity (Wildman–Crippen MR) is 66.5 cm³/mol. The molecule has 96 valence electrons. The lowest BCUT2D eigenvalue weighted by atomic mass is 10.2. The van der Waals surface area contributed by atoms with Crippen molar-refractivity contribution in [2.24, 2.45) is 5.73 Å². The molecule has 1 fully saturated rings. The molecule has 0 radical (unpaired) electrons. The highest BCUT2D eigenvalue weighted by Crippen LogP contribution is 2.25. The molecule has 0 unspecified atom stereocenters. The van der Waals surface area contributed by atoms with Crippen LogP contribution in [0.1, 0.15) is 6.42 Å². The van der Waals surface area contributed by atoms with Gasteiger partial charge in [0.15, 0.2) is 0 Å². The van der Waals surface area contributed by atoms with Gasteiger partial charge < -0.3 is 20.7 Å². The normalized spacial score (nSPS) is 18.8. The van der Waals surface area contributed by atoms with Crippen LogP contribution in [0.4, 0.5) is 10.5 Å². The molecular weight excluding hydrogens is 234 g/mol. The van der Waals surface area contributed by atoms with Crippen molar-refractivity contribution < 1.29 is 14.3 Å². The van der Waals surface area contributed by atoms with Crippen LogP contribution < -0.4 is 20.7 Å². The molecule has 3 N–H and O–H groups in total. The molecule has 3 amide bonds. The van der Waals surface area contributed by atoms with Gasteiger partial charge in [-0.3, -0.25) is 4.79 Å². The van der Waals surface area contributed by atoms with Crippen molar-refractivity contribution >= 4 is 17.6 Å². The van der Waals surface area contributed by atoms with Crippen LogP contribution in [0.3, 0.4) is 0 Å². The highest BCUT2D eigenvalue weighted by atomic mass is 16.5. The highest BCUT2D eigenvalue weighted by Gasteiger charge is 2.31. The number of methoxy groups -OCH3 is 1.